The number of nitriles is 2. The zero-order valence-electron chi connectivity index (χ0n) is 23.6. The van der Waals surface area contributed by atoms with Gasteiger partial charge < -0.3 is 21.4 Å². The van der Waals surface area contributed by atoms with Gasteiger partial charge in [-0.2, -0.15) is 14.9 Å². The Kier molecular flexibility index (Phi) is 8.67. The summed E-state index contributed by atoms with van der Waals surface area (Å²) in [6.07, 6.45) is 7.18. The number of pyridine rings is 2. The molecule has 0 spiro atoms. The fourth-order valence-electron chi connectivity index (χ4n) is 5.07. The second-order valence-electron chi connectivity index (χ2n) is 10.7. The molecule has 2 aromatic heterocycles. The van der Waals surface area contributed by atoms with E-state index < -0.39 is 11.4 Å². The van der Waals surface area contributed by atoms with Crippen LogP contribution in [0.3, 0.4) is 0 Å². The normalized spacial score (nSPS) is 15.1. The minimum Gasteiger partial charge on any atom is -0.399 e. The Morgan fingerprint density at radius 3 is 2.65 bits per heavy atom. The van der Waals surface area contributed by atoms with Crippen LogP contribution in [-0.4, -0.2) is 28.9 Å². The topological polar surface area (TPSA) is 153 Å². The molecule has 12 heteroatoms. The predicted molar refractivity (Wildman–Crippen MR) is 168 cm³/mol. The second-order valence-corrected chi connectivity index (χ2v) is 11.1. The number of rotatable bonds is 11. The number of nitrogens with two attached hydrogens (primary N) is 2. The molecule has 0 bridgehead atoms. The number of fused-ring (bicyclic) bond motifs is 1. The summed E-state index contributed by atoms with van der Waals surface area (Å²) in [7, 11) is 1.74. The lowest BCUT2D eigenvalue weighted by atomic mass is 9.70. The van der Waals surface area contributed by atoms with Crippen molar-refractivity contribution in [3.8, 4) is 12.1 Å². The number of hydrazine groups is 1. The summed E-state index contributed by atoms with van der Waals surface area (Å²) in [6, 6.07) is 20.8. The molecular formula is C31H30BClFN9. The fraction of sp³-hybridized carbons (Fsp3) is 0.226. The highest BCUT2D eigenvalue weighted by molar-refractivity contribution is 6.36. The first-order valence-corrected chi connectivity index (χ1v) is 14.2. The molecule has 1 aliphatic carbocycles. The third kappa shape index (κ3) is 6.34. The second kappa shape index (κ2) is 12.6. The van der Waals surface area contributed by atoms with Crippen molar-refractivity contribution in [2.75, 3.05) is 10.6 Å². The molecule has 6 N–H and O–H groups in total. The van der Waals surface area contributed by atoms with Crippen LogP contribution >= 0.6 is 11.6 Å². The van der Waals surface area contributed by atoms with E-state index in [4.69, 9.17) is 23.2 Å². The van der Waals surface area contributed by atoms with Gasteiger partial charge >= 0.3 is 0 Å². The first kappa shape index (κ1) is 29.7. The minimum atomic E-state index is -1.28. The lowest BCUT2D eigenvalue weighted by Crippen LogP contribution is -2.44. The summed E-state index contributed by atoms with van der Waals surface area (Å²) in [6.45, 7) is 0. The van der Waals surface area contributed by atoms with Crippen LogP contribution in [0.5, 0.6) is 0 Å². The molecule has 2 aromatic carbocycles. The molecule has 4 aromatic rings. The summed E-state index contributed by atoms with van der Waals surface area (Å²) in [5.41, 5.74) is 8.59. The van der Waals surface area contributed by atoms with Gasteiger partial charge in [0.25, 0.3) is 0 Å². The van der Waals surface area contributed by atoms with E-state index in [0.29, 0.717) is 45.7 Å². The SMILES string of the molecule is BC(Nc1cc(Cl)c2ncc(C#N)c(N[C@H](CCC#N)c3ccccc3)c2c1)(/C(N)=C/N(N)C1CC1)c1cccnc1F. The number of nitrogens with one attached hydrogen (secondary N) is 2. The van der Waals surface area contributed by atoms with Gasteiger partial charge in [-0.25, -0.2) is 10.8 Å². The van der Waals surface area contributed by atoms with Crippen LogP contribution in [0.2, 0.25) is 5.02 Å². The lowest BCUT2D eigenvalue weighted by molar-refractivity contribution is 0.376. The number of hydrogen-bond donors (Lipinski definition) is 4. The molecule has 5 rings (SSSR count). The Labute approximate surface area is 255 Å². The molecule has 0 aliphatic heterocycles. The maximum atomic E-state index is 15.2. The van der Waals surface area contributed by atoms with E-state index in [9.17, 15) is 10.5 Å². The molecule has 1 unspecified atom stereocenters. The average Bonchev–Trinajstić information content (AvgIpc) is 3.86. The Bertz CT molecular complexity index is 1750. The standard InChI is InChI=1S/C31H30BClFN9/c32-31(24-8-5-13-39-30(24)34,27(37)18-43(38)22-10-11-22)42-21-14-23-28(20(16-36)17-40-29(23)25(33)15-21)41-26(9-4-12-35)19-6-2-1-3-7-19/h1-3,5-8,13-15,17-18,22,26,42H,4,9-11,32,37-38H2,(H,40,41)/b27-18-/t26-,31?/m1/s1. The maximum Gasteiger partial charge on any atom is 0.218 e. The number of nitrogens with zero attached hydrogens (tertiary/aromatic N) is 5. The zero-order valence-corrected chi connectivity index (χ0v) is 24.3. The van der Waals surface area contributed by atoms with Crippen molar-refractivity contribution < 1.29 is 4.39 Å². The monoisotopic (exact) mass is 593 g/mol. The number of aromatic nitrogens is 2. The summed E-state index contributed by atoms with van der Waals surface area (Å²) < 4.78 is 15.2. The molecule has 0 radical (unpaired) electrons. The van der Waals surface area contributed by atoms with Crippen molar-refractivity contribution in [1.29, 1.82) is 10.5 Å². The summed E-state index contributed by atoms with van der Waals surface area (Å²) in [5, 5.41) is 28.6. The van der Waals surface area contributed by atoms with Crippen molar-refractivity contribution in [2.24, 2.45) is 11.6 Å². The van der Waals surface area contributed by atoms with Crippen LogP contribution < -0.4 is 22.2 Å². The van der Waals surface area contributed by atoms with E-state index in [0.717, 1.165) is 18.4 Å². The van der Waals surface area contributed by atoms with Crippen LogP contribution in [0.4, 0.5) is 15.8 Å². The van der Waals surface area contributed by atoms with Gasteiger partial charge in [-0.05, 0) is 43.0 Å². The molecule has 2 heterocycles. The molecule has 1 fully saturated rings. The maximum absolute atomic E-state index is 15.2. The van der Waals surface area contributed by atoms with Crippen molar-refractivity contribution in [3.05, 3.63) is 107 Å². The highest BCUT2D eigenvalue weighted by atomic mass is 35.5. The van der Waals surface area contributed by atoms with E-state index in [1.807, 2.05) is 30.3 Å². The average molecular weight is 594 g/mol. The molecule has 1 aliphatic rings. The molecular weight excluding hydrogens is 564 g/mol. The number of halogens is 2. The minimum absolute atomic E-state index is 0.180. The van der Waals surface area contributed by atoms with E-state index in [2.05, 4.69) is 32.7 Å². The predicted octanol–water partition coefficient (Wildman–Crippen LogP) is 4.79. The molecule has 9 nitrogen and oxygen atoms in total. The van der Waals surface area contributed by atoms with Crippen molar-refractivity contribution in [2.45, 2.75) is 43.2 Å². The lowest BCUT2D eigenvalue weighted by Gasteiger charge is -2.34. The zero-order chi connectivity index (χ0) is 30.6. The van der Waals surface area contributed by atoms with E-state index in [1.54, 1.807) is 43.3 Å². The van der Waals surface area contributed by atoms with E-state index in [-0.39, 0.29) is 23.3 Å². The Hall–Kier alpha value is -4.84. The van der Waals surface area contributed by atoms with Crippen LogP contribution in [0.15, 0.2) is 78.9 Å². The van der Waals surface area contributed by atoms with Crippen LogP contribution in [0.1, 0.15) is 48.4 Å². The Balaban J connectivity index is 1.62. The number of anilines is 2. The Morgan fingerprint density at radius 1 is 1.21 bits per heavy atom. The van der Waals surface area contributed by atoms with Crippen LogP contribution in [0.25, 0.3) is 10.9 Å². The van der Waals surface area contributed by atoms with Gasteiger partial charge in [0.05, 0.1) is 39.3 Å². The summed E-state index contributed by atoms with van der Waals surface area (Å²) in [5.74, 6) is 5.53. The van der Waals surface area contributed by atoms with Crippen molar-refractivity contribution >= 4 is 41.7 Å². The van der Waals surface area contributed by atoms with Gasteiger partial charge in [-0.3, -0.25) is 4.98 Å². The third-order valence-electron chi connectivity index (χ3n) is 7.64. The molecule has 1 saturated carbocycles. The van der Waals surface area contributed by atoms with Gasteiger partial charge in [0, 0.05) is 53.4 Å². The first-order chi connectivity index (χ1) is 20.7. The van der Waals surface area contributed by atoms with Gasteiger partial charge in [-0.1, -0.05) is 48.0 Å². The molecule has 2 atom stereocenters. The highest BCUT2D eigenvalue weighted by Gasteiger charge is 2.35. The first-order valence-electron chi connectivity index (χ1n) is 13.9. The fourth-order valence-corrected chi connectivity index (χ4v) is 5.34. The van der Waals surface area contributed by atoms with Crippen molar-refractivity contribution in [3.63, 3.8) is 0 Å². The van der Waals surface area contributed by atoms with Crippen LogP contribution in [0, 0.1) is 28.6 Å². The summed E-state index contributed by atoms with van der Waals surface area (Å²) >= 11 is 6.77. The third-order valence-corrected chi connectivity index (χ3v) is 7.92. The smallest absolute Gasteiger partial charge is 0.218 e. The number of benzene rings is 2. The molecule has 43 heavy (non-hydrogen) atoms. The highest BCUT2D eigenvalue weighted by Crippen LogP contribution is 2.38. The number of hydrogen-bond acceptors (Lipinski definition) is 9. The van der Waals surface area contributed by atoms with Crippen molar-refractivity contribution in [1.82, 2.24) is 15.0 Å². The van der Waals surface area contributed by atoms with Gasteiger partial charge in [0.1, 0.15) is 13.9 Å². The largest absolute Gasteiger partial charge is 0.399 e. The van der Waals surface area contributed by atoms with Gasteiger partial charge in [0.2, 0.25) is 5.95 Å². The van der Waals surface area contributed by atoms with E-state index in [1.165, 1.54) is 12.4 Å². The molecule has 216 valence electrons. The molecule has 0 amide bonds. The quantitative estimate of drug-likeness (QED) is 0.0832. The van der Waals surface area contributed by atoms with Crippen LogP contribution in [-0.2, 0) is 5.44 Å². The molecule has 0 saturated heterocycles. The van der Waals surface area contributed by atoms with Gasteiger partial charge in [0.15, 0.2) is 0 Å². The van der Waals surface area contributed by atoms with Gasteiger partial charge in [-0.15, -0.1) is 0 Å². The Morgan fingerprint density at radius 2 is 1.98 bits per heavy atom. The van der Waals surface area contributed by atoms with E-state index >= 15 is 4.39 Å². The summed E-state index contributed by atoms with van der Waals surface area (Å²) in [4.78, 5) is 8.31.